The molecule has 1 saturated heterocycles. The zero-order valence-corrected chi connectivity index (χ0v) is 16.1. The third kappa shape index (κ3) is 5.20. The van der Waals surface area contributed by atoms with Crippen LogP contribution in [0.4, 0.5) is 4.79 Å². The zero-order chi connectivity index (χ0) is 18.5. The van der Waals surface area contributed by atoms with E-state index in [1.165, 1.54) is 19.3 Å². The van der Waals surface area contributed by atoms with E-state index in [-0.39, 0.29) is 43.4 Å². The third-order valence-corrected chi connectivity index (χ3v) is 5.26. The minimum atomic E-state index is -0.398. The maximum Gasteiger partial charge on any atom is 0.324 e. The number of hydrogen-bond acceptors (Lipinski definition) is 4. The summed E-state index contributed by atoms with van der Waals surface area (Å²) in [6.07, 6.45) is 5.85. The first-order valence-corrected chi connectivity index (χ1v) is 9.26. The van der Waals surface area contributed by atoms with Gasteiger partial charge in [-0.15, -0.1) is 12.4 Å². The van der Waals surface area contributed by atoms with Gasteiger partial charge in [-0.2, -0.15) is 0 Å². The molecular formula is C19H27ClN4O3. The first-order chi connectivity index (χ1) is 12.6. The molecule has 148 valence electrons. The fourth-order valence-corrected chi connectivity index (χ4v) is 3.77. The Kier molecular flexibility index (Phi) is 7.62. The lowest BCUT2D eigenvalue weighted by Crippen LogP contribution is -2.45. The summed E-state index contributed by atoms with van der Waals surface area (Å²) >= 11 is 0. The van der Waals surface area contributed by atoms with Crippen LogP contribution < -0.4 is 16.4 Å². The van der Waals surface area contributed by atoms with Crippen molar-refractivity contribution in [2.45, 2.75) is 44.7 Å². The number of carbonyl (C=O) groups is 3. The van der Waals surface area contributed by atoms with Gasteiger partial charge in [-0.1, -0.05) is 31.4 Å². The largest absolute Gasteiger partial charge is 0.348 e. The fourth-order valence-electron chi connectivity index (χ4n) is 3.77. The predicted octanol–water partition coefficient (Wildman–Crippen LogP) is 1.80. The van der Waals surface area contributed by atoms with Crippen molar-refractivity contribution in [3.8, 4) is 0 Å². The van der Waals surface area contributed by atoms with Gasteiger partial charge in [-0.05, 0) is 36.5 Å². The SMILES string of the molecule is Cl.NCC(NC(=O)c1cccc(CN2C(=O)CNC2=O)c1)C1CCCCC1. The van der Waals surface area contributed by atoms with E-state index >= 15 is 0 Å². The molecule has 1 saturated carbocycles. The van der Waals surface area contributed by atoms with Crippen LogP contribution in [0.5, 0.6) is 0 Å². The molecule has 1 heterocycles. The first kappa shape index (κ1) is 21.2. The Balaban J connectivity index is 0.00000261. The highest BCUT2D eigenvalue weighted by Crippen LogP contribution is 2.26. The van der Waals surface area contributed by atoms with Gasteiger partial charge in [0.05, 0.1) is 13.1 Å². The molecule has 0 bridgehead atoms. The first-order valence-electron chi connectivity index (χ1n) is 9.26. The number of hydrogen-bond donors (Lipinski definition) is 3. The van der Waals surface area contributed by atoms with E-state index in [2.05, 4.69) is 10.6 Å². The second kappa shape index (κ2) is 9.71. The van der Waals surface area contributed by atoms with Gasteiger partial charge < -0.3 is 16.4 Å². The summed E-state index contributed by atoms with van der Waals surface area (Å²) in [7, 11) is 0. The second-order valence-corrected chi connectivity index (χ2v) is 7.05. The van der Waals surface area contributed by atoms with Crippen molar-refractivity contribution >= 4 is 30.3 Å². The van der Waals surface area contributed by atoms with Crippen molar-refractivity contribution in [1.82, 2.24) is 15.5 Å². The Labute approximate surface area is 165 Å². The molecule has 0 aromatic heterocycles. The number of nitrogens with two attached hydrogens (primary N) is 1. The molecule has 2 fully saturated rings. The Morgan fingerprint density at radius 2 is 2.00 bits per heavy atom. The molecule has 1 aromatic carbocycles. The Hall–Kier alpha value is -2.12. The maximum absolute atomic E-state index is 12.6. The maximum atomic E-state index is 12.6. The minimum absolute atomic E-state index is 0. The number of urea groups is 1. The minimum Gasteiger partial charge on any atom is -0.348 e. The molecule has 1 aliphatic carbocycles. The molecule has 1 unspecified atom stereocenters. The molecule has 0 spiro atoms. The van der Waals surface area contributed by atoms with Crippen LogP contribution in [0.25, 0.3) is 0 Å². The second-order valence-electron chi connectivity index (χ2n) is 7.05. The van der Waals surface area contributed by atoms with Crippen LogP contribution in [-0.4, -0.2) is 41.9 Å². The van der Waals surface area contributed by atoms with E-state index < -0.39 is 6.03 Å². The van der Waals surface area contributed by atoms with Crippen LogP contribution in [0.1, 0.15) is 48.0 Å². The Bertz CT molecular complexity index is 675. The molecule has 2 aliphatic rings. The van der Waals surface area contributed by atoms with Gasteiger partial charge in [-0.25, -0.2) is 4.79 Å². The summed E-state index contributed by atoms with van der Waals surface area (Å²) in [5, 5.41) is 5.56. The van der Waals surface area contributed by atoms with Crippen LogP contribution >= 0.6 is 12.4 Å². The van der Waals surface area contributed by atoms with Crippen LogP contribution in [0.3, 0.4) is 0 Å². The predicted molar refractivity (Wildman–Crippen MR) is 105 cm³/mol. The standard InChI is InChI=1S/C19H26N4O3.ClH/c20-10-16(14-6-2-1-3-7-14)22-18(25)15-8-4-5-13(9-15)12-23-17(24)11-21-19(23)26;/h4-5,8-9,14,16H,1-3,6-7,10-12,20H2,(H,21,26)(H,22,25);1H. The lowest BCUT2D eigenvalue weighted by atomic mass is 9.84. The highest BCUT2D eigenvalue weighted by molar-refractivity contribution is 6.02. The Morgan fingerprint density at radius 3 is 2.63 bits per heavy atom. The number of nitrogens with zero attached hydrogens (tertiary/aromatic N) is 1. The van der Waals surface area contributed by atoms with E-state index in [4.69, 9.17) is 5.73 Å². The molecule has 1 atom stereocenters. The highest BCUT2D eigenvalue weighted by atomic mass is 35.5. The van der Waals surface area contributed by atoms with Crippen LogP contribution in [0.2, 0.25) is 0 Å². The van der Waals surface area contributed by atoms with Gasteiger partial charge in [-0.3, -0.25) is 14.5 Å². The van der Waals surface area contributed by atoms with Gasteiger partial charge in [0.25, 0.3) is 5.91 Å². The average Bonchev–Trinajstić information content (AvgIpc) is 2.99. The van der Waals surface area contributed by atoms with E-state index in [9.17, 15) is 14.4 Å². The summed E-state index contributed by atoms with van der Waals surface area (Å²) in [6.45, 7) is 0.617. The zero-order valence-electron chi connectivity index (χ0n) is 15.3. The molecule has 7 nitrogen and oxygen atoms in total. The normalized spacial score (nSPS) is 18.6. The van der Waals surface area contributed by atoms with Gasteiger partial charge in [0.1, 0.15) is 0 Å². The molecule has 4 amide bonds. The summed E-state index contributed by atoms with van der Waals surface area (Å²) in [5.74, 6) is 0.0159. The molecule has 4 N–H and O–H groups in total. The summed E-state index contributed by atoms with van der Waals surface area (Å²) in [5.41, 5.74) is 7.15. The highest BCUT2D eigenvalue weighted by Gasteiger charge is 2.28. The number of amides is 4. The van der Waals surface area contributed by atoms with E-state index in [0.29, 0.717) is 18.0 Å². The quantitative estimate of drug-likeness (QED) is 0.640. The molecule has 8 heteroatoms. The van der Waals surface area contributed by atoms with Crippen LogP contribution in [-0.2, 0) is 11.3 Å². The number of halogens is 1. The van der Waals surface area contributed by atoms with Gasteiger partial charge in [0, 0.05) is 18.2 Å². The summed E-state index contributed by atoms with van der Waals surface area (Å²) in [6, 6.07) is 6.61. The van der Waals surface area contributed by atoms with Gasteiger partial charge in [0.2, 0.25) is 5.91 Å². The van der Waals surface area contributed by atoms with Crippen molar-refractivity contribution in [3.05, 3.63) is 35.4 Å². The fraction of sp³-hybridized carbons (Fsp3) is 0.526. The molecule has 27 heavy (non-hydrogen) atoms. The number of imide groups is 1. The number of rotatable bonds is 6. The third-order valence-electron chi connectivity index (χ3n) is 5.26. The molecule has 0 radical (unpaired) electrons. The van der Waals surface area contributed by atoms with Gasteiger partial charge in [0.15, 0.2) is 0 Å². The molecule has 1 aliphatic heterocycles. The van der Waals surface area contributed by atoms with E-state index in [1.807, 2.05) is 0 Å². The number of nitrogens with one attached hydrogen (secondary N) is 2. The van der Waals surface area contributed by atoms with Gasteiger partial charge >= 0.3 is 6.03 Å². The average molecular weight is 395 g/mol. The Morgan fingerprint density at radius 1 is 1.26 bits per heavy atom. The van der Waals surface area contributed by atoms with E-state index in [1.54, 1.807) is 24.3 Å². The summed E-state index contributed by atoms with van der Waals surface area (Å²) < 4.78 is 0. The summed E-state index contributed by atoms with van der Waals surface area (Å²) in [4.78, 5) is 37.2. The van der Waals surface area contributed by atoms with Crippen molar-refractivity contribution in [2.75, 3.05) is 13.1 Å². The molecular weight excluding hydrogens is 368 g/mol. The lowest BCUT2D eigenvalue weighted by Gasteiger charge is -2.30. The molecule has 3 rings (SSSR count). The van der Waals surface area contributed by atoms with Crippen LogP contribution in [0, 0.1) is 5.92 Å². The van der Waals surface area contributed by atoms with E-state index in [0.717, 1.165) is 23.3 Å². The monoisotopic (exact) mass is 394 g/mol. The van der Waals surface area contributed by atoms with Crippen molar-refractivity contribution in [2.24, 2.45) is 11.7 Å². The smallest absolute Gasteiger partial charge is 0.324 e. The van der Waals surface area contributed by atoms with Crippen LogP contribution in [0.15, 0.2) is 24.3 Å². The molecule has 1 aromatic rings. The van der Waals surface area contributed by atoms with Crippen molar-refractivity contribution in [3.63, 3.8) is 0 Å². The topological polar surface area (TPSA) is 105 Å². The van der Waals surface area contributed by atoms with Crippen molar-refractivity contribution in [1.29, 1.82) is 0 Å². The van der Waals surface area contributed by atoms with Crippen molar-refractivity contribution < 1.29 is 14.4 Å². The number of benzene rings is 1. The lowest BCUT2D eigenvalue weighted by molar-refractivity contribution is -0.125. The number of carbonyl (C=O) groups excluding carboxylic acids is 3.